The molecule has 3 rings (SSSR count). The molecule has 0 amide bonds. The molecule has 0 aliphatic carbocycles. The van der Waals surface area contributed by atoms with Gasteiger partial charge in [-0.2, -0.15) is 0 Å². The number of aliphatic imine (C=N–C) groups is 1. The van der Waals surface area contributed by atoms with Gasteiger partial charge < -0.3 is 4.74 Å². The molecule has 0 aliphatic heterocycles. The Morgan fingerprint density at radius 1 is 1.00 bits per heavy atom. The van der Waals surface area contributed by atoms with Crippen LogP contribution in [0.15, 0.2) is 68.5 Å². The van der Waals surface area contributed by atoms with Gasteiger partial charge in [-0.25, -0.2) is 4.39 Å². The van der Waals surface area contributed by atoms with E-state index in [-0.39, 0.29) is 12.4 Å². The van der Waals surface area contributed by atoms with E-state index in [0.29, 0.717) is 5.75 Å². The van der Waals surface area contributed by atoms with E-state index in [2.05, 4.69) is 62.0 Å². The van der Waals surface area contributed by atoms with Gasteiger partial charge in [-0.05, 0) is 98.3 Å². The molecule has 0 fully saturated rings. The standard InChI is InChI=1S/C22H18Br2FNO/c1-14-6-7-15(2)21(8-14)26-12-17-10-19(23)22(20(24)11-17)27-13-16-4-3-5-18(25)9-16/h3-12H,13H2,1-2H3. The summed E-state index contributed by atoms with van der Waals surface area (Å²) in [5.41, 5.74) is 4.97. The number of hydrogen-bond acceptors (Lipinski definition) is 2. The monoisotopic (exact) mass is 489 g/mol. The molecule has 3 aromatic rings. The SMILES string of the molecule is Cc1ccc(C)c(N=Cc2cc(Br)c(OCc3cccc(F)c3)c(Br)c2)c1. The highest BCUT2D eigenvalue weighted by atomic mass is 79.9. The van der Waals surface area contributed by atoms with Crippen molar-refractivity contribution in [3.63, 3.8) is 0 Å². The van der Waals surface area contributed by atoms with Gasteiger partial charge in [0.2, 0.25) is 0 Å². The molecule has 0 spiro atoms. The van der Waals surface area contributed by atoms with Gasteiger partial charge in [0.1, 0.15) is 18.2 Å². The highest BCUT2D eigenvalue weighted by Crippen LogP contribution is 2.35. The van der Waals surface area contributed by atoms with Crippen molar-refractivity contribution in [2.24, 2.45) is 4.99 Å². The van der Waals surface area contributed by atoms with Gasteiger partial charge in [-0.3, -0.25) is 4.99 Å². The van der Waals surface area contributed by atoms with Crippen molar-refractivity contribution in [3.05, 3.63) is 91.6 Å². The molecule has 2 nitrogen and oxygen atoms in total. The van der Waals surface area contributed by atoms with Gasteiger partial charge in [0.15, 0.2) is 0 Å². The van der Waals surface area contributed by atoms with Crippen molar-refractivity contribution in [2.75, 3.05) is 0 Å². The van der Waals surface area contributed by atoms with Gasteiger partial charge in [-0.15, -0.1) is 0 Å². The molecular formula is C22H18Br2FNO. The largest absolute Gasteiger partial charge is 0.487 e. The van der Waals surface area contributed by atoms with E-state index in [1.165, 1.54) is 17.7 Å². The number of benzene rings is 3. The van der Waals surface area contributed by atoms with E-state index < -0.39 is 0 Å². The van der Waals surface area contributed by atoms with Crippen LogP contribution in [0.25, 0.3) is 0 Å². The van der Waals surface area contributed by atoms with Gasteiger partial charge in [-0.1, -0.05) is 24.3 Å². The van der Waals surface area contributed by atoms with Crippen LogP contribution in [0.1, 0.15) is 22.3 Å². The third-order valence-electron chi connectivity index (χ3n) is 4.01. The molecule has 0 atom stereocenters. The second-order valence-electron chi connectivity index (χ2n) is 6.28. The number of ether oxygens (including phenoxy) is 1. The van der Waals surface area contributed by atoms with Crippen LogP contribution in [-0.4, -0.2) is 6.21 Å². The first-order valence-corrected chi connectivity index (χ1v) is 9.98. The highest BCUT2D eigenvalue weighted by Gasteiger charge is 2.09. The molecule has 3 aromatic carbocycles. The van der Waals surface area contributed by atoms with Crippen LogP contribution in [0.3, 0.4) is 0 Å². The molecule has 0 aliphatic rings. The Labute approximate surface area is 175 Å². The number of halogens is 3. The lowest BCUT2D eigenvalue weighted by Gasteiger charge is -2.11. The molecule has 0 N–H and O–H groups in total. The zero-order valence-corrected chi connectivity index (χ0v) is 18.1. The van der Waals surface area contributed by atoms with Crippen molar-refractivity contribution in [3.8, 4) is 5.75 Å². The maximum Gasteiger partial charge on any atom is 0.148 e. The molecule has 27 heavy (non-hydrogen) atoms. The summed E-state index contributed by atoms with van der Waals surface area (Å²) >= 11 is 7.10. The van der Waals surface area contributed by atoms with Crippen molar-refractivity contribution in [1.82, 2.24) is 0 Å². The molecule has 138 valence electrons. The molecule has 0 saturated heterocycles. The summed E-state index contributed by atoms with van der Waals surface area (Å²) in [6, 6.07) is 16.5. The quantitative estimate of drug-likeness (QED) is 0.344. The van der Waals surface area contributed by atoms with Crippen LogP contribution in [0, 0.1) is 19.7 Å². The van der Waals surface area contributed by atoms with Crippen LogP contribution in [0.2, 0.25) is 0 Å². The predicted molar refractivity (Wildman–Crippen MR) is 116 cm³/mol. The van der Waals surface area contributed by atoms with Crippen molar-refractivity contribution >= 4 is 43.8 Å². The summed E-state index contributed by atoms with van der Waals surface area (Å²) in [7, 11) is 0. The Kier molecular flexibility index (Phi) is 6.45. The number of nitrogens with zero attached hydrogens (tertiary/aromatic N) is 1. The summed E-state index contributed by atoms with van der Waals surface area (Å²) in [4.78, 5) is 4.60. The molecule has 0 heterocycles. The van der Waals surface area contributed by atoms with Crippen molar-refractivity contribution in [2.45, 2.75) is 20.5 Å². The fourth-order valence-corrected chi connectivity index (χ4v) is 4.03. The van der Waals surface area contributed by atoms with Crippen LogP contribution in [0.4, 0.5) is 10.1 Å². The highest BCUT2D eigenvalue weighted by molar-refractivity contribution is 9.11. The maximum absolute atomic E-state index is 13.3. The summed E-state index contributed by atoms with van der Waals surface area (Å²) in [6.07, 6.45) is 1.83. The van der Waals surface area contributed by atoms with Gasteiger partial charge in [0.05, 0.1) is 14.6 Å². The average molecular weight is 491 g/mol. The van der Waals surface area contributed by atoms with E-state index in [1.807, 2.05) is 31.3 Å². The number of hydrogen-bond donors (Lipinski definition) is 0. The first-order valence-electron chi connectivity index (χ1n) is 8.40. The minimum Gasteiger partial charge on any atom is -0.487 e. The Morgan fingerprint density at radius 2 is 1.74 bits per heavy atom. The van der Waals surface area contributed by atoms with Crippen LogP contribution in [0.5, 0.6) is 5.75 Å². The first-order chi connectivity index (χ1) is 12.9. The normalized spacial score (nSPS) is 11.1. The second kappa shape index (κ2) is 8.81. The summed E-state index contributed by atoms with van der Waals surface area (Å²) in [5.74, 6) is 0.399. The summed E-state index contributed by atoms with van der Waals surface area (Å²) in [5, 5.41) is 0. The van der Waals surface area contributed by atoms with Gasteiger partial charge >= 0.3 is 0 Å². The van der Waals surface area contributed by atoms with Crippen LogP contribution >= 0.6 is 31.9 Å². The van der Waals surface area contributed by atoms with Crippen molar-refractivity contribution in [1.29, 1.82) is 0 Å². The second-order valence-corrected chi connectivity index (χ2v) is 7.99. The third-order valence-corrected chi connectivity index (χ3v) is 5.19. The van der Waals surface area contributed by atoms with E-state index in [1.54, 1.807) is 6.07 Å². The maximum atomic E-state index is 13.3. The third kappa shape index (κ3) is 5.27. The van der Waals surface area contributed by atoms with Crippen LogP contribution < -0.4 is 4.74 Å². The molecule has 0 saturated carbocycles. The van der Waals surface area contributed by atoms with E-state index in [4.69, 9.17) is 4.74 Å². The number of aryl methyl sites for hydroxylation is 2. The topological polar surface area (TPSA) is 21.6 Å². The lowest BCUT2D eigenvalue weighted by molar-refractivity contribution is 0.301. The molecule has 0 bridgehead atoms. The Hall–Kier alpha value is -1.98. The van der Waals surface area contributed by atoms with E-state index in [9.17, 15) is 4.39 Å². The molecule has 0 unspecified atom stereocenters. The van der Waals surface area contributed by atoms with Gasteiger partial charge in [0, 0.05) is 6.21 Å². The average Bonchev–Trinajstić information content (AvgIpc) is 2.62. The molecule has 0 radical (unpaired) electrons. The smallest absolute Gasteiger partial charge is 0.148 e. The summed E-state index contributed by atoms with van der Waals surface area (Å²) in [6.45, 7) is 4.38. The van der Waals surface area contributed by atoms with Crippen molar-refractivity contribution < 1.29 is 9.13 Å². The predicted octanol–water partition coefficient (Wildman–Crippen LogP) is 7.30. The fraction of sp³-hybridized carbons (Fsp3) is 0.136. The Bertz CT molecular complexity index is 978. The van der Waals surface area contributed by atoms with E-state index >= 15 is 0 Å². The lowest BCUT2D eigenvalue weighted by Crippen LogP contribution is -1.98. The number of rotatable bonds is 5. The zero-order chi connectivity index (χ0) is 19.4. The molecular weight excluding hydrogens is 473 g/mol. The van der Waals surface area contributed by atoms with Gasteiger partial charge in [0.25, 0.3) is 0 Å². The van der Waals surface area contributed by atoms with E-state index in [0.717, 1.165) is 31.3 Å². The first kappa shape index (κ1) is 19.8. The molecule has 0 aromatic heterocycles. The fourth-order valence-electron chi connectivity index (χ4n) is 2.58. The van der Waals surface area contributed by atoms with Crippen LogP contribution in [-0.2, 0) is 6.61 Å². The summed E-state index contributed by atoms with van der Waals surface area (Å²) < 4.78 is 20.8. The minimum atomic E-state index is -0.271. The zero-order valence-electron chi connectivity index (χ0n) is 15.0. The molecule has 5 heteroatoms. The minimum absolute atomic E-state index is 0.271. The lowest BCUT2D eigenvalue weighted by atomic mass is 10.1. The Balaban J connectivity index is 1.78. The Morgan fingerprint density at radius 3 is 2.44 bits per heavy atom.